The molecule has 0 amide bonds. The molecule has 0 atom stereocenters. The average molecular weight is 443 g/mol. The molecule has 0 aliphatic carbocycles. The molecule has 1 aliphatic rings. The van der Waals surface area contributed by atoms with E-state index < -0.39 is 10.0 Å². The fraction of sp³-hybridized carbons (Fsp3) is 0.500. The number of nitrogens with zero attached hydrogens (tertiary/aromatic N) is 2. The second-order valence-electron chi connectivity index (χ2n) is 6.24. The summed E-state index contributed by atoms with van der Waals surface area (Å²) in [4.78, 5) is 7.81. The Morgan fingerprint density at radius 3 is 2.29 bits per heavy atom. The first kappa shape index (κ1) is 21.3. The third-order valence-corrected chi connectivity index (χ3v) is 9.03. The van der Waals surface area contributed by atoms with Crippen molar-refractivity contribution in [1.82, 2.24) is 14.9 Å². The summed E-state index contributed by atoms with van der Waals surface area (Å²) in [7, 11) is -1.71. The van der Waals surface area contributed by atoms with Gasteiger partial charge in [-0.05, 0) is 30.7 Å². The first-order chi connectivity index (χ1) is 13.5. The zero-order valence-corrected chi connectivity index (χ0v) is 18.6. The molecule has 0 saturated carbocycles. The highest BCUT2D eigenvalue weighted by atomic mass is 32.2. The fourth-order valence-corrected chi connectivity index (χ4v) is 6.53. The van der Waals surface area contributed by atoms with Crippen LogP contribution in [0.5, 0.6) is 0 Å². The predicted octanol–water partition coefficient (Wildman–Crippen LogP) is 2.26. The van der Waals surface area contributed by atoms with Crippen molar-refractivity contribution in [3.8, 4) is 0 Å². The van der Waals surface area contributed by atoms with Crippen LogP contribution in [0.15, 0.2) is 33.5 Å². The molecule has 154 valence electrons. The summed E-state index contributed by atoms with van der Waals surface area (Å²) in [5.41, 5.74) is 0. The van der Waals surface area contributed by atoms with E-state index in [1.165, 1.54) is 25.4 Å². The Balaban J connectivity index is 1.53. The zero-order valence-electron chi connectivity index (χ0n) is 16.1. The third-order valence-electron chi connectivity index (χ3n) is 4.35. The molecule has 1 saturated heterocycles. The van der Waals surface area contributed by atoms with Crippen molar-refractivity contribution in [2.24, 2.45) is 4.99 Å². The smallest absolute Gasteiger partial charge is 0.252 e. The summed E-state index contributed by atoms with van der Waals surface area (Å²) in [6.45, 7) is 5.10. The Bertz CT molecular complexity index is 899. The Morgan fingerprint density at radius 1 is 1.07 bits per heavy atom. The molecular formula is C18H26N4O3S3. The normalized spacial score (nSPS) is 16.3. The van der Waals surface area contributed by atoms with Gasteiger partial charge in [0.2, 0.25) is 0 Å². The van der Waals surface area contributed by atoms with E-state index in [1.807, 2.05) is 6.07 Å². The van der Waals surface area contributed by atoms with Crippen molar-refractivity contribution in [2.75, 3.05) is 33.4 Å². The van der Waals surface area contributed by atoms with Gasteiger partial charge in [-0.3, -0.25) is 4.99 Å². The molecule has 2 N–H and O–H groups in total. The summed E-state index contributed by atoms with van der Waals surface area (Å²) in [5.74, 6) is 0.692. The van der Waals surface area contributed by atoms with Gasteiger partial charge in [0.25, 0.3) is 10.0 Å². The molecule has 28 heavy (non-hydrogen) atoms. The highest BCUT2D eigenvalue weighted by Gasteiger charge is 2.27. The molecule has 10 heteroatoms. The van der Waals surface area contributed by atoms with Crippen LogP contribution >= 0.6 is 22.7 Å². The predicted molar refractivity (Wildman–Crippen MR) is 115 cm³/mol. The van der Waals surface area contributed by atoms with Crippen LogP contribution in [0.2, 0.25) is 0 Å². The van der Waals surface area contributed by atoms with Gasteiger partial charge in [0.15, 0.2) is 5.96 Å². The van der Waals surface area contributed by atoms with Crippen LogP contribution in [0.3, 0.4) is 0 Å². The maximum absolute atomic E-state index is 12.7. The minimum Gasteiger partial charge on any atom is -0.379 e. The molecule has 2 aromatic heterocycles. The van der Waals surface area contributed by atoms with E-state index in [2.05, 4.69) is 34.7 Å². The Morgan fingerprint density at radius 2 is 1.68 bits per heavy atom. The monoisotopic (exact) mass is 442 g/mol. The lowest BCUT2D eigenvalue weighted by Gasteiger charge is -2.25. The van der Waals surface area contributed by atoms with E-state index in [0.717, 1.165) is 11.3 Å². The molecule has 3 heterocycles. The van der Waals surface area contributed by atoms with Crippen LogP contribution in [0, 0.1) is 0 Å². The molecular weight excluding hydrogens is 416 g/mol. The molecule has 1 aliphatic heterocycles. The van der Waals surface area contributed by atoms with Crippen molar-refractivity contribution < 1.29 is 13.2 Å². The van der Waals surface area contributed by atoms with Crippen LogP contribution in [0.1, 0.15) is 21.6 Å². The topological polar surface area (TPSA) is 83.0 Å². The quantitative estimate of drug-likeness (QED) is 0.508. The molecule has 0 spiro atoms. The summed E-state index contributed by atoms with van der Waals surface area (Å²) in [5, 5.41) is 6.54. The second kappa shape index (κ2) is 9.84. The lowest BCUT2D eigenvalue weighted by molar-refractivity contribution is 0.0731. The van der Waals surface area contributed by atoms with Crippen LogP contribution in [-0.2, 0) is 34.3 Å². The maximum Gasteiger partial charge on any atom is 0.252 e. The second-order valence-corrected chi connectivity index (χ2v) is 10.8. The summed E-state index contributed by atoms with van der Waals surface area (Å²) < 4.78 is 32.5. The Labute approximate surface area is 174 Å². The van der Waals surface area contributed by atoms with Crippen molar-refractivity contribution in [2.45, 2.75) is 30.6 Å². The molecule has 0 unspecified atom stereocenters. The van der Waals surface area contributed by atoms with Gasteiger partial charge in [-0.1, -0.05) is 6.92 Å². The van der Waals surface area contributed by atoms with Crippen molar-refractivity contribution in [3.63, 3.8) is 0 Å². The lowest BCUT2D eigenvalue weighted by Crippen LogP contribution is -2.40. The third kappa shape index (κ3) is 5.32. The lowest BCUT2D eigenvalue weighted by atomic mass is 10.3. The summed E-state index contributed by atoms with van der Waals surface area (Å²) >= 11 is 3.09. The molecule has 2 aromatic rings. The highest BCUT2D eigenvalue weighted by Crippen LogP contribution is 2.25. The van der Waals surface area contributed by atoms with E-state index in [1.54, 1.807) is 24.5 Å². The van der Waals surface area contributed by atoms with Crippen molar-refractivity contribution in [1.29, 1.82) is 0 Å². The Kier molecular flexibility index (Phi) is 7.47. The standard InChI is InChI=1S/C18H26N4O3S3/c1-3-14-4-5-15(26-14)12-20-18(19-2)21-13-16-6-7-17(27-16)28(23,24)22-8-10-25-11-9-22/h4-7H,3,8-13H2,1-2H3,(H2,19,20,21). The van der Waals surface area contributed by atoms with Gasteiger partial charge in [-0.2, -0.15) is 4.31 Å². The summed E-state index contributed by atoms with van der Waals surface area (Å²) in [6, 6.07) is 7.82. The average Bonchev–Trinajstić information content (AvgIpc) is 3.38. The number of ether oxygens (including phenoxy) is 1. The van der Waals surface area contributed by atoms with Gasteiger partial charge in [-0.25, -0.2) is 8.42 Å². The minimum atomic E-state index is -3.43. The number of aryl methyl sites for hydroxylation is 1. The van der Waals surface area contributed by atoms with E-state index in [-0.39, 0.29) is 0 Å². The van der Waals surface area contributed by atoms with E-state index in [0.29, 0.717) is 49.6 Å². The first-order valence-electron chi connectivity index (χ1n) is 9.21. The van der Waals surface area contributed by atoms with Crippen LogP contribution in [0.25, 0.3) is 0 Å². The first-order valence-corrected chi connectivity index (χ1v) is 12.3. The van der Waals surface area contributed by atoms with Gasteiger partial charge in [0.05, 0.1) is 26.3 Å². The number of aliphatic imine (C=N–C) groups is 1. The van der Waals surface area contributed by atoms with Crippen LogP contribution in [0.4, 0.5) is 0 Å². The van der Waals surface area contributed by atoms with Crippen LogP contribution in [-0.4, -0.2) is 52.0 Å². The van der Waals surface area contributed by atoms with E-state index in [9.17, 15) is 8.42 Å². The van der Waals surface area contributed by atoms with Gasteiger partial charge in [0.1, 0.15) is 4.21 Å². The molecule has 0 bridgehead atoms. The largest absolute Gasteiger partial charge is 0.379 e. The number of morpholine rings is 1. The number of guanidine groups is 1. The number of rotatable bonds is 7. The van der Waals surface area contributed by atoms with Crippen LogP contribution < -0.4 is 10.6 Å². The number of hydrogen-bond donors (Lipinski definition) is 2. The van der Waals surface area contributed by atoms with Gasteiger partial charge < -0.3 is 15.4 Å². The molecule has 3 rings (SSSR count). The maximum atomic E-state index is 12.7. The Hall–Kier alpha value is -1.46. The van der Waals surface area contributed by atoms with E-state index in [4.69, 9.17) is 4.74 Å². The number of nitrogens with one attached hydrogen (secondary N) is 2. The van der Waals surface area contributed by atoms with E-state index >= 15 is 0 Å². The summed E-state index contributed by atoms with van der Waals surface area (Å²) in [6.07, 6.45) is 1.05. The number of sulfonamides is 1. The minimum absolute atomic E-state index is 0.375. The van der Waals surface area contributed by atoms with Gasteiger partial charge >= 0.3 is 0 Å². The SMILES string of the molecule is CCc1ccc(CNC(=NC)NCc2ccc(S(=O)(=O)N3CCOCC3)s2)s1. The molecule has 0 radical (unpaired) electrons. The fourth-order valence-electron chi connectivity index (χ4n) is 2.78. The molecule has 1 fully saturated rings. The molecule has 7 nitrogen and oxygen atoms in total. The zero-order chi connectivity index (χ0) is 20.0. The number of hydrogen-bond acceptors (Lipinski definition) is 6. The van der Waals surface area contributed by atoms with Crippen molar-refractivity contribution >= 4 is 38.7 Å². The molecule has 0 aromatic carbocycles. The van der Waals surface area contributed by atoms with Gasteiger partial charge in [-0.15, -0.1) is 22.7 Å². The van der Waals surface area contributed by atoms with Crippen molar-refractivity contribution in [3.05, 3.63) is 38.9 Å². The number of thiophene rings is 2. The highest BCUT2D eigenvalue weighted by molar-refractivity contribution is 7.91. The van der Waals surface area contributed by atoms with Gasteiger partial charge in [0, 0.05) is 34.8 Å².